The Hall–Kier alpha value is -3.74. The monoisotopic (exact) mass is 536 g/mol. The Labute approximate surface area is 205 Å². The lowest BCUT2D eigenvalue weighted by atomic mass is 10.3. The van der Waals surface area contributed by atoms with Crippen molar-refractivity contribution >= 4 is 60.5 Å². The van der Waals surface area contributed by atoms with Gasteiger partial charge in [-0.1, -0.05) is 29.8 Å². The quantitative estimate of drug-likeness (QED) is 0.303. The normalized spacial score (nSPS) is 11.7. The van der Waals surface area contributed by atoms with Crippen LogP contribution in [0.1, 0.15) is 0 Å². The number of hydrogen-bond acceptors (Lipinski definition) is 8. The number of hydrogen-bond donors (Lipinski definition) is 2. The molecule has 0 saturated carbocycles. The summed E-state index contributed by atoms with van der Waals surface area (Å²) in [5, 5.41) is 0.353. The molecule has 13 heteroatoms. The van der Waals surface area contributed by atoms with Crippen molar-refractivity contribution in [2.45, 2.75) is 9.99 Å². The fourth-order valence-corrected chi connectivity index (χ4v) is 5.65. The van der Waals surface area contributed by atoms with Gasteiger partial charge in [0.2, 0.25) is 5.09 Å². The maximum atomic E-state index is 13.2. The maximum absolute atomic E-state index is 13.2. The van der Waals surface area contributed by atoms with Gasteiger partial charge in [-0.15, -0.1) is 0 Å². The number of carbonyl (C=O) groups is 1. The van der Waals surface area contributed by atoms with E-state index in [1.54, 1.807) is 24.3 Å². The molecule has 35 heavy (non-hydrogen) atoms. The van der Waals surface area contributed by atoms with Crippen molar-refractivity contribution in [3.05, 3.63) is 71.8 Å². The molecule has 0 bridgehead atoms. The molecule has 0 radical (unpaired) electrons. The molecule has 0 unspecified atom stereocenters. The van der Waals surface area contributed by atoms with Crippen LogP contribution in [0, 0.1) is 0 Å². The number of anilines is 2. The minimum Gasteiger partial charge on any atom is -0.495 e. The Morgan fingerprint density at radius 3 is 2.34 bits per heavy atom. The lowest BCUT2D eigenvalue weighted by Crippen LogP contribution is -2.18. The van der Waals surface area contributed by atoms with Crippen molar-refractivity contribution < 1.29 is 35.5 Å². The van der Waals surface area contributed by atoms with Gasteiger partial charge in [0.1, 0.15) is 22.0 Å². The zero-order valence-electron chi connectivity index (χ0n) is 17.9. The Morgan fingerprint density at radius 2 is 1.63 bits per heavy atom. The van der Waals surface area contributed by atoms with Crippen LogP contribution < -0.4 is 18.9 Å². The summed E-state index contributed by atoms with van der Waals surface area (Å²) in [5.41, 5.74) is 0.0862. The average molecular weight is 537 g/mol. The van der Waals surface area contributed by atoms with E-state index in [9.17, 15) is 21.6 Å². The van der Waals surface area contributed by atoms with Crippen LogP contribution in [0.3, 0.4) is 0 Å². The number of ether oxygens (including phenoxy) is 2. The fourth-order valence-electron chi connectivity index (χ4n) is 3.17. The van der Waals surface area contributed by atoms with Gasteiger partial charge < -0.3 is 13.9 Å². The van der Waals surface area contributed by atoms with Gasteiger partial charge in [0.05, 0.1) is 18.5 Å². The predicted octanol–water partition coefficient (Wildman–Crippen LogP) is 4.23. The largest absolute Gasteiger partial charge is 0.495 e. The molecule has 0 fully saturated rings. The van der Waals surface area contributed by atoms with Gasteiger partial charge in [0.25, 0.3) is 26.5 Å². The van der Waals surface area contributed by atoms with E-state index >= 15 is 0 Å². The van der Waals surface area contributed by atoms with Crippen molar-refractivity contribution in [1.29, 1.82) is 0 Å². The summed E-state index contributed by atoms with van der Waals surface area (Å²) in [6.07, 6.45) is 0. The molecule has 0 aliphatic heterocycles. The molecule has 1 aromatic heterocycles. The van der Waals surface area contributed by atoms with Crippen LogP contribution in [0.25, 0.3) is 11.0 Å². The van der Waals surface area contributed by atoms with Crippen molar-refractivity contribution in [3.63, 3.8) is 0 Å². The number of furan rings is 1. The molecule has 4 aromatic rings. The first-order valence-corrected chi connectivity index (χ1v) is 13.1. The molecule has 0 amide bonds. The van der Waals surface area contributed by atoms with E-state index in [0.29, 0.717) is 11.0 Å². The predicted molar refractivity (Wildman–Crippen MR) is 129 cm³/mol. The summed E-state index contributed by atoms with van der Waals surface area (Å²) in [6, 6.07) is 15.7. The van der Waals surface area contributed by atoms with Crippen LogP contribution in [0.4, 0.5) is 11.4 Å². The summed E-state index contributed by atoms with van der Waals surface area (Å²) in [4.78, 5) is 10.3. The van der Waals surface area contributed by atoms with Gasteiger partial charge in [0, 0.05) is 22.5 Å². The standard InChI is InChI=1S/C22H17ClN2O8S2/c1-31-20-9-7-16(32-13-26)12-21(20)34(27,28)24-17-8-6-15(23)11-18(17)25-35(29,30)22-10-14-4-2-3-5-19(14)33-22/h2-13,24-25H,1H3. The van der Waals surface area contributed by atoms with E-state index in [2.05, 4.69) is 9.44 Å². The zero-order chi connectivity index (χ0) is 25.2. The van der Waals surface area contributed by atoms with Gasteiger partial charge in [-0.05, 0) is 36.4 Å². The summed E-state index contributed by atoms with van der Waals surface area (Å²) < 4.78 is 72.2. The van der Waals surface area contributed by atoms with Crippen molar-refractivity contribution in [1.82, 2.24) is 0 Å². The number of nitrogens with one attached hydrogen (secondary N) is 2. The number of carbonyl (C=O) groups excluding carboxylic acids is 1. The topological polar surface area (TPSA) is 141 Å². The molecule has 0 spiro atoms. The number of para-hydroxylation sites is 1. The molecular weight excluding hydrogens is 520 g/mol. The molecule has 0 saturated heterocycles. The van der Waals surface area contributed by atoms with E-state index in [1.807, 2.05) is 0 Å². The minimum atomic E-state index is -4.35. The van der Waals surface area contributed by atoms with Gasteiger partial charge in [-0.2, -0.15) is 8.42 Å². The number of sulfonamides is 2. The molecule has 0 atom stereocenters. The van der Waals surface area contributed by atoms with E-state index in [0.717, 1.165) is 6.07 Å². The van der Waals surface area contributed by atoms with E-state index in [4.69, 9.17) is 25.5 Å². The Bertz CT molecular complexity index is 1600. The van der Waals surface area contributed by atoms with Crippen molar-refractivity contribution in [2.75, 3.05) is 16.6 Å². The first-order chi connectivity index (χ1) is 16.6. The second kappa shape index (κ2) is 9.49. The summed E-state index contributed by atoms with van der Waals surface area (Å²) in [5.74, 6) is -0.0720. The summed E-state index contributed by atoms with van der Waals surface area (Å²) in [7, 11) is -7.33. The minimum absolute atomic E-state index is 0.0332. The van der Waals surface area contributed by atoms with Gasteiger partial charge in [-0.3, -0.25) is 14.2 Å². The molecular formula is C22H17ClN2O8S2. The Balaban J connectivity index is 1.71. The highest BCUT2D eigenvalue weighted by Gasteiger charge is 2.25. The van der Waals surface area contributed by atoms with Crippen LogP contribution in [-0.4, -0.2) is 30.4 Å². The van der Waals surface area contributed by atoms with E-state index in [-0.39, 0.29) is 44.4 Å². The van der Waals surface area contributed by atoms with Gasteiger partial charge in [-0.25, -0.2) is 8.42 Å². The lowest BCUT2D eigenvalue weighted by molar-refractivity contribution is -0.120. The Kier molecular flexibility index (Phi) is 6.61. The average Bonchev–Trinajstić information content (AvgIpc) is 3.26. The first kappa shape index (κ1) is 24.4. The van der Waals surface area contributed by atoms with Crippen molar-refractivity contribution in [2.24, 2.45) is 0 Å². The van der Waals surface area contributed by atoms with Crippen LogP contribution in [0.5, 0.6) is 11.5 Å². The zero-order valence-corrected chi connectivity index (χ0v) is 20.3. The molecule has 2 N–H and O–H groups in total. The second-order valence-electron chi connectivity index (χ2n) is 7.03. The van der Waals surface area contributed by atoms with Gasteiger partial charge >= 0.3 is 0 Å². The molecule has 0 aliphatic rings. The third kappa shape index (κ3) is 5.19. The van der Waals surface area contributed by atoms with E-state index < -0.39 is 20.0 Å². The molecule has 4 rings (SSSR count). The SMILES string of the molecule is COc1ccc(OC=O)cc1S(=O)(=O)Nc1ccc(Cl)cc1NS(=O)(=O)c1cc2ccccc2o1. The number of methoxy groups -OCH3 is 1. The van der Waals surface area contributed by atoms with Crippen LogP contribution >= 0.6 is 11.6 Å². The molecule has 1 heterocycles. The van der Waals surface area contributed by atoms with Crippen molar-refractivity contribution in [3.8, 4) is 11.5 Å². The highest BCUT2D eigenvalue weighted by atomic mass is 35.5. The fraction of sp³-hybridized carbons (Fsp3) is 0.0455. The maximum Gasteiger partial charge on any atom is 0.298 e. The highest BCUT2D eigenvalue weighted by molar-refractivity contribution is 7.93. The Morgan fingerprint density at radius 1 is 0.886 bits per heavy atom. The van der Waals surface area contributed by atoms with Crippen LogP contribution in [-0.2, 0) is 24.8 Å². The number of benzene rings is 3. The van der Waals surface area contributed by atoms with E-state index in [1.165, 1.54) is 43.5 Å². The van der Waals surface area contributed by atoms with Crippen LogP contribution in [0.2, 0.25) is 5.02 Å². The van der Waals surface area contributed by atoms with Crippen LogP contribution in [0.15, 0.2) is 81.1 Å². The number of halogens is 1. The molecule has 10 nitrogen and oxygen atoms in total. The first-order valence-electron chi connectivity index (χ1n) is 9.75. The number of rotatable bonds is 9. The molecule has 182 valence electrons. The lowest BCUT2D eigenvalue weighted by Gasteiger charge is -2.16. The van der Waals surface area contributed by atoms with Gasteiger partial charge in [0.15, 0.2) is 0 Å². The molecule has 3 aromatic carbocycles. The smallest absolute Gasteiger partial charge is 0.298 e. The summed E-state index contributed by atoms with van der Waals surface area (Å²) >= 11 is 6.04. The highest BCUT2D eigenvalue weighted by Crippen LogP contribution is 2.34. The molecule has 0 aliphatic carbocycles. The second-order valence-corrected chi connectivity index (χ2v) is 10.7. The summed E-state index contributed by atoms with van der Waals surface area (Å²) in [6.45, 7) is 0.149. The third-order valence-corrected chi connectivity index (χ3v) is 7.59. The third-order valence-electron chi connectivity index (χ3n) is 4.75. The number of fused-ring (bicyclic) bond motifs is 1.